The Kier molecular flexibility index (Phi) is 14.7. The Morgan fingerprint density at radius 2 is 1.68 bits per heavy atom. The van der Waals surface area contributed by atoms with Gasteiger partial charge in [-0.3, -0.25) is 33.8 Å². The van der Waals surface area contributed by atoms with Gasteiger partial charge in [-0.25, -0.2) is 9.97 Å². The number of hydrogen-bond acceptors (Lipinski definition) is 12. The highest BCUT2D eigenvalue weighted by molar-refractivity contribution is 6.36. The lowest BCUT2D eigenvalue weighted by molar-refractivity contribution is -0.132. The molecule has 0 aliphatic carbocycles. The number of likely N-dealkylation sites (tertiary alicyclic amines) is 1. The molecular weight excluding hydrogens is 862 g/mol. The summed E-state index contributed by atoms with van der Waals surface area (Å²) in [4.78, 5) is 97.0. The SMILES string of the molecule is CNC(=O)C(CCC=O)N1C(=O)c2ccc(N3CCN(CCCCCCC(=O)N4CCCC(Nc5ncnc6[nH]cc(C(=O)c7ccc(Oc8ccccc8)cc7Cl)c56)C4)CC3)cc2C1=O. The largest absolute Gasteiger partial charge is 0.457 e. The Bertz CT molecular complexity index is 2600. The van der Waals surface area contributed by atoms with Crippen LogP contribution in [0.25, 0.3) is 11.0 Å². The number of aromatic nitrogens is 3. The van der Waals surface area contributed by atoms with E-state index >= 15 is 0 Å². The van der Waals surface area contributed by atoms with Crippen LogP contribution in [0.15, 0.2) is 79.3 Å². The molecule has 2 unspecified atom stereocenters. The van der Waals surface area contributed by atoms with Crippen molar-refractivity contribution in [1.82, 2.24) is 35.0 Å². The fourth-order valence-corrected chi connectivity index (χ4v) is 9.39. The Morgan fingerprint density at radius 1 is 0.894 bits per heavy atom. The molecule has 5 heterocycles. The second-order valence-electron chi connectivity index (χ2n) is 16.9. The van der Waals surface area contributed by atoms with Crippen LogP contribution in [0.2, 0.25) is 5.02 Å². The van der Waals surface area contributed by atoms with Crippen molar-refractivity contribution in [3.05, 3.63) is 107 Å². The molecule has 3 aromatic carbocycles. The molecule has 8 rings (SSSR count). The fraction of sp³-hybridized carbons (Fsp3) is 0.388. The predicted octanol–water partition coefficient (Wildman–Crippen LogP) is 6.50. The van der Waals surface area contributed by atoms with Crippen molar-refractivity contribution in [3.63, 3.8) is 0 Å². The first-order valence-corrected chi connectivity index (χ1v) is 23.1. The number of aldehydes is 1. The van der Waals surface area contributed by atoms with Gasteiger partial charge in [0.15, 0.2) is 5.78 Å². The van der Waals surface area contributed by atoms with Gasteiger partial charge < -0.3 is 34.9 Å². The number of aromatic amines is 1. The fourth-order valence-electron chi connectivity index (χ4n) is 9.13. The number of likely N-dealkylation sites (N-methyl/N-ethyl adjacent to an activating group) is 1. The minimum Gasteiger partial charge on any atom is -0.457 e. The molecule has 0 radical (unpaired) electrons. The molecule has 0 saturated carbocycles. The number of carbonyl (C=O) groups is 6. The van der Waals surface area contributed by atoms with Gasteiger partial charge in [0.1, 0.15) is 41.6 Å². The number of benzene rings is 3. The molecule has 4 amide bonds. The number of amides is 4. The first kappa shape index (κ1) is 45.9. The minimum atomic E-state index is -1.05. The Hall–Kier alpha value is -6.65. The molecule has 5 aromatic rings. The molecule has 2 saturated heterocycles. The number of ketones is 1. The lowest BCUT2D eigenvalue weighted by atomic mass is 10.0. The highest BCUT2D eigenvalue weighted by atomic mass is 35.5. The quantitative estimate of drug-likeness (QED) is 0.0354. The summed E-state index contributed by atoms with van der Waals surface area (Å²) < 4.78 is 5.90. The zero-order valence-corrected chi connectivity index (χ0v) is 37.7. The highest BCUT2D eigenvalue weighted by Gasteiger charge is 2.43. The molecule has 344 valence electrons. The summed E-state index contributed by atoms with van der Waals surface area (Å²) in [5, 5.41) is 6.86. The number of para-hydroxylation sites is 1. The Labute approximate surface area is 388 Å². The van der Waals surface area contributed by atoms with Gasteiger partial charge in [0.25, 0.3) is 11.8 Å². The van der Waals surface area contributed by atoms with Crippen molar-refractivity contribution in [1.29, 1.82) is 0 Å². The summed E-state index contributed by atoms with van der Waals surface area (Å²) in [6.07, 6.45) is 9.92. The first-order valence-electron chi connectivity index (χ1n) is 22.7. The van der Waals surface area contributed by atoms with Crippen LogP contribution < -0.4 is 20.3 Å². The number of hydrogen-bond donors (Lipinski definition) is 3. The average Bonchev–Trinajstić information content (AvgIpc) is 3.89. The molecule has 2 atom stereocenters. The van der Waals surface area contributed by atoms with E-state index < -0.39 is 23.8 Å². The van der Waals surface area contributed by atoms with E-state index in [2.05, 4.69) is 35.4 Å². The van der Waals surface area contributed by atoms with Crippen LogP contribution in [0, 0.1) is 0 Å². The zero-order chi connectivity index (χ0) is 46.2. The van der Waals surface area contributed by atoms with Crippen molar-refractivity contribution in [2.45, 2.75) is 69.9 Å². The first-order chi connectivity index (χ1) is 32.1. The molecule has 3 aliphatic heterocycles. The van der Waals surface area contributed by atoms with Gasteiger partial charge in [0.2, 0.25) is 11.8 Å². The number of anilines is 2. The van der Waals surface area contributed by atoms with E-state index in [9.17, 15) is 28.8 Å². The number of carbonyl (C=O) groups excluding carboxylic acids is 6. The van der Waals surface area contributed by atoms with E-state index in [-0.39, 0.29) is 46.7 Å². The number of piperidine rings is 1. The second kappa shape index (κ2) is 21.1. The Morgan fingerprint density at radius 3 is 2.45 bits per heavy atom. The number of ether oxygens (including phenoxy) is 1. The maximum absolute atomic E-state index is 13.9. The van der Waals surface area contributed by atoms with E-state index in [1.54, 1.807) is 36.5 Å². The molecule has 2 aromatic heterocycles. The average molecular weight is 916 g/mol. The van der Waals surface area contributed by atoms with Gasteiger partial charge in [0, 0.05) is 88.7 Å². The van der Waals surface area contributed by atoms with Gasteiger partial charge in [-0.05, 0) is 81.1 Å². The summed E-state index contributed by atoms with van der Waals surface area (Å²) in [6, 6.07) is 18.5. The minimum absolute atomic E-state index is 0.0511. The summed E-state index contributed by atoms with van der Waals surface area (Å²) in [5.41, 5.74) is 2.64. The summed E-state index contributed by atoms with van der Waals surface area (Å²) >= 11 is 6.63. The third-order valence-electron chi connectivity index (χ3n) is 12.7. The number of nitrogens with one attached hydrogen (secondary N) is 3. The van der Waals surface area contributed by atoms with Gasteiger partial charge in [-0.15, -0.1) is 0 Å². The maximum atomic E-state index is 13.9. The van der Waals surface area contributed by atoms with Crippen LogP contribution >= 0.6 is 11.6 Å². The lowest BCUT2D eigenvalue weighted by Crippen LogP contribution is -2.48. The Balaban J connectivity index is 0.765. The van der Waals surface area contributed by atoms with Crippen LogP contribution in [-0.4, -0.2) is 130 Å². The van der Waals surface area contributed by atoms with E-state index in [0.29, 0.717) is 65.3 Å². The second-order valence-corrected chi connectivity index (χ2v) is 17.3. The zero-order valence-electron chi connectivity index (χ0n) is 37.0. The van der Waals surface area contributed by atoms with E-state index in [1.807, 2.05) is 41.3 Å². The normalized spacial score (nSPS) is 16.9. The number of halogens is 1. The number of nitrogens with zero attached hydrogens (tertiary/aromatic N) is 6. The van der Waals surface area contributed by atoms with E-state index in [4.69, 9.17) is 16.3 Å². The highest BCUT2D eigenvalue weighted by Crippen LogP contribution is 2.33. The van der Waals surface area contributed by atoms with Crippen LogP contribution in [0.3, 0.4) is 0 Å². The third kappa shape index (κ3) is 10.2. The van der Waals surface area contributed by atoms with Crippen molar-refractivity contribution >= 4 is 69.8 Å². The molecule has 16 nitrogen and oxygen atoms in total. The number of unbranched alkanes of at least 4 members (excludes halogenated alkanes) is 3. The summed E-state index contributed by atoms with van der Waals surface area (Å²) in [5.74, 6) is 0.0506. The smallest absolute Gasteiger partial charge is 0.262 e. The monoisotopic (exact) mass is 915 g/mol. The topological polar surface area (TPSA) is 190 Å². The van der Waals surface area contributed by atoms with Gasteiger partial charge >= 0.3 is 0 Å². The van der Waals surface area contributed by atoms with Gasteiger partial charge in [-0.2, -0.15) is 0 Å². The molecule has 0 bridgehead atoms. The van der Waals surface area contributed by atoms with Crippen LogP contribution in [0.4, 0.5) is 11.5 Å². The number of piperazine rings is 1. The van der Waals surface area contributed by atoms with Crippen LogP contribution in [0.5, 0.6) is 11.5 Å². The maximum Gasteiger partial charge on any atom is 0.262 e. The molecule has 3 N–H and O–H groups in total. The molecule has 2 fully saturated rings. The van der Waals surface area contributed by atoms with E-state index in [0.717, 1.165) is 81.8 Å². The molecule has 17 heteroatoms. The van der Waals surface area contributed by atoms with Gasteiger partial charge in [0.05, 0.1) is 27.1 Å². The molecular formula is C49H54ClN9O7. The van der Waals surface area contributed by atoms with Crippen molar-refractivity contribution < 1.29 is 33.5 Å². The standard InChI is InChI=1S/C49H54ClN9O7/c1-51-47(63)41(14-10-26-60)59-48(64)36-18-16-33(27-38(36)49(59)65)57-24-22-56(23-25-57)20-8-3-2-7-15-42(61)58-21-9-11-32(30-58)55-46-43-39(29-52-45(43)53-31-54-46)44(62)37-19-17-35(28-40(37)50)66-34-12-5-4-6-13-34/h4-6,12-13,16-19,26-29,31-32,41H,2-3,7-11,14-15,20-25,30H2,1H3,(H,51,63)(H2,52,53,54,55). The number of H-pyrrole nitrogens is 1. The van der Waals surface area contributed by atoms with Crippen molar-refractivity contribution in [2.75, 3.05) is 63.1 Å². The summed E-state index contributed by atoms with van der Waals surface area (Å²) in [6.45, 7) is 5.47. The van der Waals surface area contributed by atoms with Crippen molar-refractivity contribution in [3.8, 4) is 11.5 Å². The van der Waals surface area contributed by atoms with Crippen LogP contribution in [-0.2, 0) is 14.4 Å². The summed E-state index contributed by atoms with van der Waals surface area (Å²) in [7, 11) is 1.44. The third-order valence-corrected chi connectivity index (χ3v) is 13.0. The molecule has 0 spiro atoms. The van der Waals surface area contributed by atoms with Crippen LogP contribution in [0.1, 0.15) is 94.4 Å². The molecule has 66 heavy (non-hydrogen) atoms. The lowest BCUT2D eigenvalue weighted by Gasteiger charge is -2.36. The predicted molar refractivity (Wildman–Crippen MR) is 250 cm³/mol. The van der Waals surface area contributed by atoms with Gasteiger partial charge in [-0.1, -0.05) is 42.6 Å². The van der Waals surface area contributed by atoms with E-state index in [1.165, 1.54) is 13.4 Å². The number of fused-ring (bicyclic) bond motifs is 2. The van der Waals surface area contributed by atoms with Crippen molar-refractivity contribution in [2.24, 2.45) is 0 Å². The number of imide groups is 1. The number of rotatable bonds is 19. The molecule has 3 aliphatic rings.